The Balaban J connectivity index is 1.23. The molecule has 1 fully saturated rings. The number of carbonyl (C=O) groups is 1. The molecule has 0 bridgehead atoms. The van der Waals surface area contributed by atoms with Gasteiger partial charge >= 0.3 is 0 Å². The van der Waals surface area contributed by atoms with Gasteiger partial charge in [0.2, 0.25) is 10.0 Å². The number of nitrogens with zero attached hydrogens (tertiary/aromatic N) is 4. The summed E-state index contributed by atoms with van der Waals surface area (Å²) < 4.78 is 24.4. The SMILES string of the molecule is CS(=O)(=O)N1CC(Cc2cc(C(=O)NC[C@H](O)CN3CCc4ccccc4C3)ncn2)C1. The second kappa shape index (κ2) is 9.62. The number of aliphatic hydroxyl groups excluding tert-OH is 1. The quantitative estimate of drug-likeness (QED) is 0.573. The molecule has 32 heavy (non-hydrogen) atoms. The van der Waals surface area contributed by atoms with E-state index in [2.05, 4.69) is 32.3 Å². The molecule has 0 aliphatic carbocycles. The largest absolute Gasteiger partial charge is 0.390 e. The van der Waals surface area contributed by atoms with Gasteiger partial charge in [0.1, 0.15) is 12.0 Å². The Kier molecular flexibility index (Phi) is 6.85. The van der Waals surface area contributed by atoms with Crippen molar-refractivity contribution in [3.05, 3.63) is 59.2 Å². The normalized spacial score (nSPS) is 18.6. The van der Waals surface area contributed by atoms with Crippen molar-refractivity contribution in [2.45, 2.75) is 25.5 Å². The fourth-order valence-electron chi connectivity index (χ4n) is 4.23. The van der Waals surface area contributed by atoms with Crippen LogP contribution in [0.5, 0.6) is 0 Å². The molecule has 2 aliphatic rings. The minimum absolute atomic E-state index is 0.141. The zero-order chi connectivity index (χ0) is 22.7. The first kappa shape index (κ1) is 22.8. The Morgan fingerprint density at radius 2 is 2.00 bits per heavy atom. The van der Waals surface area contributed by atoms with Crippen molar-refractivity contribution >= 4 is 15.9 Å². The zero-order valence-electron chi connectivity index (χ0n) is 18.1. The van der Waals surface area contributed by atoms with Gasteiger partial charge in [-0.3, -0.25) is 9.69 Å². The average Bonchev–Trinajstić information content (AvgIpc) is 2.73. The molecule has 10 heteroatoms. The second-order valence-corrected chi connectivity index (χ2v) is 10.6. The number of hydrogen-bond acceptors (Lipinski definition) is 7. The Labute approximate surface area is 188 Å². The number of aliphatic hydroxyl groups is 1. The van der Waals surface area contributed by atoms with Crippen LogP contribution in [0.25, 0.3) is 0 Å². The number of nitrogens with one attached hydrogen (secondary N) is 1. The number of aromatic nitrogens is 2. The van der Waals surface area contributed by atoms with Crippen LogP contribution in [0.15, 0.2) is 36.7 Å². The number of fused-ring (bicyclic) bond motifs is 1. The lowest BCUT2D eigenvalue weighted by Gasteiger charge is -2.37. The summed E-state index contributed by atoms with van der Waals surface area (Å²) in [7, 11) is -3.14. The third-order valence-corrected chi connectivity index (χ3v) is 7.26. The number of amides is 1. The van der Waals surface area contributed by atoms with Gasteiger partial charge in [0.25, 0.3) is 5.91 Å². The van der Waals surface area contributed by atoms with Crippen molar-refractivity contribution in [2.24, 2.45) is 5.92 Å². The molecular weight excluding hydrogens is 430 g/mol. The molecule has 2 N–H and O–H groups in total. The summed E-state index contributed by atoms with van der Waals surface area (Å²) in [6.45, 7) is 3.25. The van der Waals surface area contributed by atoms with E-state index < -0.39 is 16.1 Å². The fraction of sp³-hybridized carbons (Fsp3) is 0.500. The Bertz CT molecular complexity index is 1070. The van der Waals surface area contributed by atoms with E-state index in [4.69, 9.17) is 0 Å². The number of β-amino-alcohol motifs (C(OH)–C–C–N with tert-alkyl or cyclic N) is 1. The molecular formula is C22H29N5O4S. The number of benzene rings is 1. The molecule has 9 nitrogen and oxygen atoms in total. The van der Waals surface area contributed by atoms with E-state index in [1.165, 1.54) is 28.0 Å². The molecule has 1 saturated heterocycles. The molecule has 1 aromatic carbocycles. The van der Waals surface area contributed by atoms with E-state index in [1.54, 1.807) is 6.07 Å². The van der Waals surface area contributed by atoms with Crippen LogP contribution in [0.3, 0.4) is 0 Å². The summed E-state index contributed by atoms with van der Waals surface area (Å²) in [5.41, 5.74) is 3.59. The predicted octanol–water partition coefficient (Wildman–Crippen LogP) is 0.0595. The summed E-state index contributed by atoms with van der Waals surface area (Å²) in [6.07, 6.45) is 3.42. The maximum atomic E-state index is 12.5. The van der Waals surface area contributed by atoms with Crippen molar-refractivity contribution in [2.75, 3.05) is 39.0 Å². The summed E-state index contributed by atoms with van der Waals surface area (Å²) in [5, 5.41) is 13.2. The van der Waals surface area contributed by atoms with Crippen molar-refractivity contribution in [1.82, 2.24) is 24.5 Å². The Morgan fingerprint density at radius 1 is 1.25 bits per heavy atom. The van der Waals surface area contributed by atoms with Crippen molar-refractivity contribution in [1.29, 1.82) is 0 Å². The van der Waals surface area contributed by atoms with Crippen molar-refractivity contribution in [3.63, 3.8) is 0 Å². The van der Waals surface area contributed by atoms with Crippen LogP contribution in [0.4, 0.5) is 0 Å². The molecule has 0 radical (unpaired) electrons. The molecule has 4 rings (SSSR count). The Hall–Kier alpha value is -2.40. The predicted molar refractivity (Wildman–Crippen MR) is 119 cm³/mol. The number of hydrogen-bond donors (Lipinski definition) is 2. The van der Waals surface area contributed by atoms with Crippen LogP contribution < -0.4 is 5.32 Å². The highest BCUT2D eigenvalue weighted by Crippen LogP contribution is 2.22. The lowest BCUT2D eigenvalue weighted by Crippen LogP contribution is -2.50. The summed E-state index contributed by atoms with van der Waals surface area (Å²) in [5.74, 6) is -0.171. The van der Waals surface area contributed by atoms with Crippen LogP contribution in [-0.4, -0.2) is 83.7 Å². The van der Waals surface area contributed by atoms with E-state index in [0.717, 1.165) is 19.5 Å². The van der Waals surface area contributed by atoms with Crippen LogP contribution >= 0.6 is 0 Å². The van der Waals surface area contributed by atoms with Gasteiger partial charge in [0.05, 0.1) is 12.4 Å². The first-order valence-corrected chi connectivity index (χ1v) is 12.6. The maximum Gasteiger partial charge on any atom is 0.270 e. The monoisotopic (exact) mass is 459 g/mol. The first-order valence-electron chi connectivity index (χ1n) is 10.8. The number of rotatable bonds is 8. The first-order chi connectivity index (χ1) is 15.3. The van der Waals surface area contributed by atoms with Crippen molar-refractivity contribution < 1.29 is 18.3 Å². The van der Waals surface area contributed by atoms with Gasteiger partial charge < -0.3 is 10.4 Å². The maximum absolute atomic E-state index is 12.5. The topological polar surface area (TPSA) is 116 Å². The second-order valence-electron chi connectivity index (χ2n) is 8.66. The minimum Gasteiger partial charge on any atom is -0.390 e. The molecule has 0 spiro atoms. The summed E-state index contributed by atoms with van der Waals surface area (Å²) in [4.78, 5) is 22.9. The molecule has 172 valence electrons. The average molecular weight is 460 g/mol. The smallest absolute Gasteiger partial charge is 0.270 e. The van der Waals surface area contributed by atoms with Gasteiger partial charge in [0, 0.05) is 45.0 Å². The van der Waals surface area contributed by atoms with E-state index in [0.29, 0.717) is 31.7 Å². The lowest BCUT2D eigenvalue weighted by atomic mass is 9.97. The molecule has 2 aliphatic heterocycles. The van der Waals surface area contributed by atoms with Gasteiger partial charge in [-0.05, 0) is 36.0 Å². The van der Waals surface area contributed by atoms with Gasteiger partial charge in [-0.15, -0.1) is 0 Å². The molecule has 2 aromatic rings. The summed E-state index contributed by atoms with van der Waals surface area (Å²) in [6, 6.07) is 9.97. The van der Waals surface area contributed by atoms with Crippen molar-refractivity contribution in [3.8, 4) is 0 Å². The van der Waals surface area contributed by atoms with Crippen LogP contribution in [0.2, 0.25) is 0 Å². The fourth-order valence-corrected chi connectivity index (χ4v) is 5.19. The third kappa shape index (κ3) is 5.69. The molecule has 0 saturated carbocycles. The van der Waals surface area contributed by atoms with E-state index >= 15 is 0 Å². The highest BCUT2D eigenvalue weighted by atomic mass is 32.2. The standard InChI is InChI=1S/C22H29N5O4S/c1-32(30,31)27-11-16(12-27)8-19-9-21(25-15-24-19)22(29)23-10-20(28)14-26-7-6-17-4-2-3-5-18(17)13-26/h2-5,9,15-16,20,28H,6-8,10-14H2,1H3,(H,23,29)/t20-/m0/s1. The minimum atomic E-state index is -3.14. The molecule has 3 heterocycles. The zero-order valence-corrected chi connectivity index (χ0v) is 19.0. The summed E-state index contributed by atoms with van der Waals surface area (Å²) >= 11 is 0. The van der Waals surface area contributed by atoms with Gasteiger partial charge in [0.15, 0.2) is 0 Å². The number of sulfonamides is 1. The van der Waals surface area contributed by atoms with E-state index in [-0.39, 0.29) is 24.1 Å². The third-order valence-electron chi connectivity index (χ3n) is 6.02. The van der Waals surface area contributed by atoms with Gasteiger partial charge in [-0.2, -0.15) is 0 Å². The van der Waals surface area contributed by atoms with Crippen LogP contribution in [-0.2, 0) is 29.4 Å². The lowest BCUT2D eigenvalue weighted by molar-refractivity contribution is 0.0837. The Morgan fingerprint density at radius 3 is 2.75 bits per heavy atom. The molecule has 1 aromatic heterocycles. The molecule has 1 amide bonds. The van der Waals surface area contributed by atoms with Crippen LogP contribution in [0.1, 0.15) is 27.3 Å². The van der Waals surface area contributed by atoms with E-state index in [9.17, 15) is 18.3 Å². The molecule has 1 atom stereocenters. The molecule has 0 unspecified atom stereocenters. The van der Waals surface area contributed by atoms with Gasteiger partial charge in [-0.25, -0.2) is 22.7 Å². The highest BCUT2D eigenvalue weighted by Gasteiger charge is 2.33. The van der Waals surface area contributed by atoms with Gasteiger partial charge in [-0.1, -0.05) is 24.3 Å². The van der Waals surface area contributed by atoms with E-state index in [1.807, 2.05) is 12.1 Å². The highest BCUT2D eigenvalue weighted by molar-refractivity contribution is 7.88. The number of carbonyl (C=O) groups excluding carboxylic acids is 1. The van der Waals surface area contributed by atoms with Crippen LogP contribution in [0, 0.1) is 5.92 Å².